The number of aryl methyl sites for hydroxylation is 1. The molecule has 0 atom stereocenters. The molecule has 2 aromatic rings. The van der Waals surface area contributed by atoms with Gasteiger partial charge in [0.15, 0.2) is 0 Å². The average molecular weight is 351 g/mol. The summed E-state index contributed by atoms with van der Waals surface area (Å²) in [6, 6.07) is 0. The monoisotopic (exact) mass is 351 g/mol. The molecule has 2 aromatic heterocycles. The third kappa shape index (κ3) is 4.19. The van der Waals surface area contributed by atoms with E-state index in [1.54, 1.807) is 13.8 Å². The summed E-state index contributed by atoms with van der Waals surface area (Å²) in [6.45, 7) is 6.98. The molecule has 8 heteroatoms. The van der Waals surface area contributed by atoms with Gasteiger partial charge in [-0.05, 0) is 40.4 Å². The Morgan fingerprint density at radius 1 is 1.38 bits per heavy atom. The molecule has 0 saturated carbocycles. The highest BCUT2D eigenvalue weighted by Gasteiger charge is 2.24. The zero-order valence-electron chi connectivity index (χ0n) is 14.8. The number of nitrogens with zero attached hydrogens (tertiary/aromatic N) is 3. The standard InChI is InChI=1S/C16H25N5O2S/c1-10-11-13(17-6-7-21(4)5)18-9-19-15(11)24-12(10)14(23)20-16(2,3)8-22/h9,22H,6-8H2,1-5H3,(H,20,23)(H,17,18,19). The fourth-order valence-electron chi connectivity index (χ4n) is 2.22. The molecule has 2 heterocycles. The van der Waals surface area contributed by atoms with Gasteiger partial charge < -0.3 is 20.6 Å². The number of fused-ring (bicyclic) bond motifs is 1. The van der Waals surface area contributed by atoms with Crippen LogP contribution in [0, 0.1) is 6.92 Å². The molecule has 0 bridgehead atoms. The molecular formula is C16H25N5O2S. The van der Waals surface area contributed by atoms with E-state index >= 15 is 0 Å². The second-order valence-electron chi connectivity index (χ2n) is 6.68. The molecule has 24 heavy (non-hydrogen) atoms. The lowest BCUT2D eigenvalue weighted by molar-refractivity contribution is 0.0873. The minimum atomic E-state index is -0.668. The average Bonchev–Trinajstić information content (AvgIpc) is 2.85. The van der Waals surface area contributed by atoms with Crippen molar-refractivity contribution in [1.82, 2.24) is 20.2 Å². The molecule has 0 fully saturated rings. The number of hydrogen-bond acceptors (Lipinski definition) is 7. The highest BCUT2D eigenvalue weighted by Crippen LogP contribution is 2.33. The Labute approximate surface area is 146 Å². The minimum absolute atomic E-state index is 0.125. The van der Waals surface area contributed by atoms with Gasteiger partial charge in [-0.3, -0.25) is 4.79 Å². The van der Waals surface area contributed by atoms with Gasteiger partial charge in [-0.1, -0.05) is 0 Å². The highest BCUT2D eigenvalue weighted by atomic mass is 32.1. The summed E-state index contributed by atoms with van der Waals surface area (Å²) < 4.78 is 0. The summed E-state index contributed by atoms with van der Waals surface area (Å²) >= 11 is 1.34. The van der Waals surface area contributed by atoms with E-state index < -0.39 is 5.54 Å². The summed E-state index contributed by atoms with van der Waals surface area (Å²) in [6.07, 6.45) is 1.51. The molecule has 0 radical (unpaired) electrons. The normalized spacial score (nSPS) is 12.0. The van der Waals surface area contributed by atoms with Gasteiger partial charge in [0.25, 0.3) is 5.91 Å². The number of carbonyl (C=O) groups excluding carboxylic acids is 1. The lowest BCUT2D eigenvalue weighted by Gasteiger charge is -2.23. The van der Waals surface area contributed by atoms with Gasteiger partial charge in [0.05, 0.1) is 22.4 Å². The van der Waals surface area contributed by atoms with Crippen molar-refractivity contribution in [2.45, 2.75) is 26.3 Å². The van der Waals surface area contributed by atoms with Crippen molar-refractivity contribution in [2.24, 2.45) is 0 Å². The van der Waals surface area contributed by atoms with Gasteiger partial charge in [-0.2, -0.15) is 0 Å². The van der Waals surface area contributed by atoms with E-state index in [0.717, 1.165) is 34.7 Å². The van der Waals surface area contributed by atoms with Crippen LogP contribution < -0.4 is 10.6 Å². The van der Waals surface area contributed by atoms with E-state index in [1.165, 1.54) is 17.7 Å². The van der Waals surface area contributed by atoms with Gasteiger partial charge >= 0.3 is 0 Å². The lowest BCUT2D eigenvalue weighted by atomic mass is 10.1. The van der Waals surface area contributed by atoms with E-state index in [4.69, 9.17) is 0 Å². The molecule has 0 aliphatic carbocycles. The van der Waals surface area contributed by atoms with Crippen LogP contribution in [0.4, 0.5) is 5.82 Å². The fraction of sp³-hybridized carbons (Fsp3) is 0.562. The molecule has 1 amide bonds. The maximum Gasteiger partial charge on any atom is 0.262 e. The van der Waals surface area contributed by atoms with E-state index in [-0.39, 0.29) is 12.5 Å². The Morgan fingerprint density at radius 2 is 2.08 bits per heavy atom. The number of aliphatic hydroxyl groups is 1. The van der Waals surface area contributed by atoms with Gasteiger partial charge in [-0.25, -0.2) is 9.97 Å². The first-order chi connectivity index (χ1) is 11.2. The van der Waals surface area contributed by atoms with Crippen LogP contribution in [0.5, 0.6) is 0 Å². The molecule has 2 rings (SSSR count). The molecule has 0 aromatic carbocycles. The zero-order chi connectivity index (χ0) is 17.9. The van der Waals surface area contributed by atoms with Crippen LogP contribution in [0.25, 0.3) is 10.2 Å². The first-order valence-electron chi connectivity index (χ1n) is 7.81. The van der Waals surface area contributed by atoms with Crippen molar-refractivity contribution in [3.05, 3.63) is 16.8 Å². The van der Waals surface area contributed by atoms with Gasteiger partial charge in [0, 0.05) is 13.1 Å². The molecule has 0 saturated heterocycles. The van der Waals surface area contributed by atoms with Gasteiger partial charge in [0.1, 0.15) is 17.0 Å². The number of amides is 1. The topological polar surface area (TPSA) is 90.4 Å². The Kier molecular flexibility index (Phi) is 5.74. The summed E-state index contributed by atoms with van der Waals surface area (Å²) in [5, 5.41) is 16.4. The number of likely N-dealkylation sites (N-methyl/N-ethyl adjacent to an activating group) is 1. The van der Waals surface area contributed by atoms with E-state index in [1.807, 2.05) is 21.0 Å². The number of aliphatic hydroxyl groups excluding tert-OH is 1. The predicted molar refractivity (Wildman–Crippen MR) is 97.8 cm³/mol. The third-order valence-corrected chi connectivity index (χ3v) is 4.83. The SMILES string of the molecule is Cc1c(C(=O)NC(C)(C)CO)sc2ncnc(NCCN(C)C)c12. The quantitative estimate of drug-likeness (QED) is 0.700. The first kappa shape index (κ1) is 18.6. The van der Waals surface area contributed by atoms with Crippen LogP contribution in [0.15, 0.2) is 6.33 Å². The summed E-state index contributed by atoms with van der Waals surface area (Å²) in [4.78, 5) is 24.6. The predicted octanol–water partition coefficient (Wildman–Crippen LogP) is 1.47. The molecular weight excluding hydrogens is 326 g/mol. The summed E-state index contributed by atoms with van der Waals surface area (Å²) in [5.74, 6) is 0.546. The van der Waals surface area contributed by atoms with Crippen molar-refractivity contribution >= 4 is 33.3 Å². The minimum Gasteiger partial charge on any atom is -0.394 e. The third-order valence-electron chi connectivity index (χ3n) is 3.63. The number of thiophene rings is 1. The van der Waals surface area contributed by atoms with Crippen LogP contribution >= 0.6 is 11.3 Å². The Morgan fingerprint density at radius 3 is 2.71 bits per heavy atom. The van der Waals surface area contributed by atoms with Crippen LogP contribution in [0.2, 0.25) is 0 Å². The maximum atomic E-state index is 12.5. The second kappa shape index (κ2) is 7.42. The number of hydrogen-bond donors (Lipinski definition) is 3. The van der Waals surface area contributed by atoms with E-state index in [9.17, 15) is 9.90 Å². The Hall–Kier alpha value is -1.77. The van der Waals surface area contributed by atoms with E-state index in [0.29, 0.717) is 4.88 Å². The molecule has 0 aliphatic heterocycles. The number of carbonyl (C=O) groups is 1. The summed E-state index contributed by atoms with van der Waals surface area (Å²) in [5.41, 5.74) is 0.187. The number of anilines is 1. The Balaban J connectivity index is 2.31. The fourth-order valence-corrected chi connectivity index (χ4v) is 3.27. The zero-order valence-corrected chi connectivity index (χ0v) is 15.6. The van der Waals surface area contributed by atoms with Crippen molar-refractivity contribution in [3.63, 3.8) is 0 Å². The van der Waals surface area contributed by atoms with Crippen LogP contribution in [0.3, 0.4) is 0 Å². The molecule has 3 N–H and O–H groups in total. The smallest absolute Gasteiger partial charge is 0.262 e. The van der Waals surface area contributed by atoms with Gasteiger partial charge in [0.2, 0.25) is 0 Å². The molecule has 7 nitrogen and oxygen atoms in total. The van der Waals surface area contributed by atoms with Crippen molar-refractivity contribution in [2.75, 3.05) is 39.1 Å². The molecule has 0 unspecified atom stereocenters. The van der Waals surface area contributed by atoms with Crippen molar-refractivity contribution in [1.29, 1.82) is 0 Å². The van der Waals surface area contributed by atoms with Crippen LogP contribution in [-0.4, -0.2) is 65.2 Å². The molecule has 0 aliphatic rings. The van der Waals surface area contributed by atoms with Crippen LogP contribution in [0.1, 0.15) is 29.1 Å². The van der Waals surface area contributed by atoms with Gasteiger partial charge in [-0.15, -0.1) is 11.3 Å². The molecule has 0 spiro atoms. The first-order valence-corrected chi connectivity index (χ1v) is 8.63. The highest BCUT2D eigenvalue weighted by molar-refractivity contribution is 7.20. The summed E-state index contributed by atoms with van der Waals surface area (Å²) in [7, 11) is 4.02. The Bertz CT molecular complexity index is 727. The lowest BCUT2D eigenvalue weighted by Crippen LogP contribution is -2.46. The van der Waals surface area contributed by atoms with Crippen LogP contribution in [-0.2, 0) is 0 Å². The number of nitrogens with one attached hydrogen (secondary N) is 2. The maximum absolute atomic E-state index is 12.5. The van der Waals surface area contributed by atoms with Crippen molar-refractivity contribution in [3.8, 4) is 0 Å². The van der Waals surface area contributed by atoms with Crippen molar-refractivity contribution < 1.29 is 9.90 Å². The number of aromatic nitrogens is 2. The molecule has 132 valence electrons. The largest absolute Gasteiger partial charge is 0.394 e. The second-order valence-corrected chi connectivity index (χ2v) is 7.68. The number of rotatable bonds is 7. The van der Waals surface area contributed by atoms with E-state index in [2.05, 4.69) is 25.5 Å².